The van der Waals surface area contributed by atoms with E-state index in [0.717, 1.165) is 0 Å². The van der Waals surface area contributed by atoms with Crippen LogP contribution in [0.4, 0.5) is 0 Å². The Labute approximate surface area is 119 Å². The first-order valence-electron chi connectivity index (χ1n) is 6.27. The van der Waals surface area contributed by atoms with Crippen LogP contribution < -0.4 is 4.74 Å². The number of phenols is 1. The van der Waals surface area contributed by atoms with Crippen molar-refractivity contribution < 1.29 is 29.3 Å². The Morgan fingerprint density at radius 2 is 1.95 bits per heavy atom. The Morgan fingerprint density at radius 1 is 1.24 bits per heavy atom. The molecule has 2 aliphatic rings. The minimum atomic E-state index is -0.853. The number of benzene rings is 1. The highest BCUT2D eigenvalue weighted by atomic mass is 16.5. The lowest BCUT2D eigenvalue weighted by Crippen LogP contribution is -2.24. The van der Waals surface area contributed by atoms with Crippen molar-refractivity contribution in [3.8, 4) is 11.5 Å². The zero-order valence-electron chi connectivity index (χ0n) is 11.3. The molecule has 1 atom stereocenters. The molecule has 6 heteroatoms. The fourth-order valence-electron chi connectivity index (χ4n) is 2.44. The molecule has 1 aliphatic carbocycles. The summed E-state index contributed by atoms with van der Waals surface area (Å²) in [5.74, 6) is -2.85. The van der Waals surface area contributed by atoms with Crippen molar-refractivity contribution in [1.29, 1.82) is 0 Å². The zero-order chi connectivity index (χ0) is 15.3. The van der Waals surface area contributed by atoms with E-state index in [1.807, 2.05) is 0 Å². The number of carbonyl (C=O) groups excluding carboxylic acids is 2. The number of fused-ring (bicyclic) bond motifs is 2. The van der Waals surface area contributed by atoms with Crippen molar-refractivity contribution >= 4 is 17.6 Å². The molecule has 0 spiro atoms. The summed E-state index contributed by atoms with van der Waals surface area (Å²) in [4.78, 5) is 24.4. The second kappa shape index (κ2) is 4.37. The monoisotopic (exact) mass is 288 g/mol. The van der Waals surface area contributed by atoms with E-state index < -0.39 is 23.1 Å². The first kappa shape index (κ1) is 13.2. The maximum atomic E-state index is 12.2. The average Bonchev–Trinajstić information content (AvgIpc) is 2.45. The standard InChI is InChI=1S/C15H12O6/c1-6-3-4-7-9(21-6)5-8-10(11(7)16)13(18)14(19)15(20-2)12(8)17/h3-6,16,19H,1-2H3/t6-/m0/s1. The minimum absolute atomic E-state index is 0.0478. The van der Waals surface area contributed by atoms with Gasteiger partial charge in [-0.15, -0.1) is 0 Å². The van der Waals surface area contributed by atoms with Crippen LogP contribution in [0.5, 0.6) is 11.5 Å². The van der Waals surface area contributed by atoms with Crippen LogP contribution in [0.15, 0.2) is 23.7 Å². The molecule has 1 heterocycles. The molecule has 3 rings (SSSR count). The molecule has 0 bridgehead atoms. The summed E-state index contributed by atoms with van der Waals surface area (Å²) in [5, 5.41) is 20.0. The Bertz CT molecular complexity index is 741. The summed E-state index contributed by atoms with van der Waals surface area (Å²) in [6.07, 6.45) is 3.11. The van der Waals surface area contributed by atoms with Gasteiger partial charge in [0.05, 0.1) is 18.2 Å². The Hall–Kier alpha value is -2.76. The van der Waals surface area contributed by atoms with Gasteiger partial charge in [0, 0.05) is 5.56 Å². The topological polar surface area (TPSA) is 93.1 Å². The van der Waals surface area contributed by atoms with Crippen molar-refractivity contribution in [3.05, 3.63) is 40.4 Å². The number of hydrogen-bond donors (Lipinski definition) is 2. The van der Waals surface area contributed by atoms with Gasteiger partial charge < -0.3 is 19.7 Å². The fourth-order valence-corrected chi connectivity index (χ4v) is 2.44. The number of ether oxygens (including phenoxy) is 2. The van der Waals surface area contributed by atoms with E-state index in [1.54, 1.807) is 19.1 Å². The Kier molecular flexibility index (Phi) is 2.76. The maximum Gasteiger partial charge on any atom is 0.235 e. The number of aliphatic hydroxyl groups excluding tert-OH is 1. The van der Waals surface area contributed by atoms with Crippen LogP contribution in [0.2, 0.25) is 0 Å². The van der Waals surface area contributed by atoms with Gasteiger partial charge >= 0.3 is 0 Å². The number of rotatable bonds is 1. The highest BCUT2D eigenvalue weighted by molar-refractivity contribution is 6.26. The second-order valence-corrected chi connectivity index (χ2v) is 4.78. The van der Waals surface area contributed by atoms with Crippen molar-refractivity contribution in [1.82, 2.24) is 0 Å². The third kappa shape index (κ3) is 1.72. The average molecular weight is 288 g/mol. The number of Topliss-reactive ketones (excluding diaryl/α,β-unsaturated/α-hetero) is 2. The smallest absolute Gasteiger partial charge is 0.235 e. The first-order chi connectivity index (χ1) is 9.95. The predicted octanol–water partition coefficient (Wildman–Crippen LogP) is 1.98. The summed E-state index contributed by atoms with van der Waals surface area (Å²) in [7, 11) is 1.18. The van der Waals surface area contributed by atoms with Crippen LogP contribution in [-0.4, -0.2) is 35.0 Å². The Balaban J connectivity index is 2.29. The van der Waals surface area contributed by atoms with Crippen LogP contribution >= 0.6 is 0 Å². The quantitative estimate of drug-likeness (QED) is 0.820. The van der Waals surface area contributed by atoms with Gasteiger partial charge in [0.25, 0.3) is 0 Å². The lowest BCUT2D eigenvalue weighted by Gasteiger charge is -2.24. The van der Waals surface area contributed by atoms with E-state index in [0.29, 0.717) is 11.3 Å². The van der Waals surface area contributed by atoms with E-state index in [-0.39, 0.29) is 23.0 Å². The molecule has 0 amide bonds. The first-order valence-corrected chi connectivity index (χ1v) is 6.27. The van der Waals surface area contributed by atoms with Gasteiger partial charge in [-0.25, -0.2) is 0 Å². The largest absolute Gasteiger partial charge is 0.506 e. The molecule has 21 heavy (non-hydrogen) atoms. The molecule has 0 unspecified atom stereocenters. The van der Waals surface area contributed by atoms with Gasteiger partial charge in [-0.05, 0) is 25.1 Å². The molecule has 0 radical (unpaired) electrons. The summed E-state index contributed by atoms with van der Waals surface area (Å²) in [6, 6.07) is 1.38. The van der Waals surface area contributed by atoms with Crippen molar-refractivity contribution in [2.24, 2.45) is 0 Å². The van der Waals surface area contributed by atoms with E-state index >= 15 is 0 Å². The molecule has 1 aromatic carbocycles. The highest BCUT2D eigenvalue weighted by Crippen LogP contribution is 2.41. The maximum absolute atomic E-state index is 12.2. The van der Waals surface area contributed by atoms with Crippen molar-refractivity contribution in [2.45, 2.75) is 13.0 Å². The second-order valence-electron chi connectivity index (χ2n) is 4.78. The highest BCUT2D eigenvalue weighted by Gasteiger charge is 2.38. The van der Waals surface area contributed by atoms with Crippen molar-refractivity contribution in [2.75, 3.05) is 7.11 Å². The number of carbonyl (C=O) groups is 2. The Morgan fingerprint density at radius 3 is 2.62 bits per heavy atom. The molecule has 108 valence electrons. The third-order valence-corrected chi connectivity index (χ3v) is 3.46. The zero-order valence-corrected chi connectivity index (χ0v) is 11.3. The summed E-state index contributed by atoms with van der Waals surface area (Å²) in [6.45, 7) is 1.80. The van der Waals surface area contributed by atoms with Crippen LogP contribution in [0.3, 0.4) is 0 Å². The van der Waals surface area contributed by atoms with Crippen LogP contribution in [0.25, 0.3) is 6.08 Å². The number of aliphatic hydroxyl groups is 1. The number of aromatic hydroxyl groups is 1. The molecule has 0 saturated carbocycles. The van der Waals surface area contributed by atoms with Crippen molar-refractivity contribution in [3.63, 3.8) is 0 Å². The molecule has 0 aromatic heterocycles. The van der Waals surface area contributed by atoms with Gasteiger partial charge in [0.2, 0.25) is 23.1 Å². The fraction of sp³-hybridized carbons (Fsp3) is 0.200. The van der Waals surface area contributed by atoms with Gasteiger partial charge in [-0.3, -0.25) is 9.59 Å². The predicted molar refractivity (Wildman–Crippen MR) is 72.6 cm³/mol. The van der Waals surface area contributed by atoms with Gasteiger partial charge in [-0.1, -0.05) is 0 Å². The van der Waals surface area contributed by atoms with Crippen LogP contribution in [0.1, 0.15) is 33.2 Å². The van der Waals surface area contributed by atoms with E-state index in [4.69, 9.17) is 9.47 Å². The third-order valence-electron chi connectivity index (χ3n) is 3.46. The van der Waals surface area contributed by atoms with Crippen LogP contribution in [0, 0.1) is 0 Å². The number of hydrogen-bond acceptors (Lipinski definition) is 6. The summed E-state index contributed by atoms with van der Waals surface area (Å²) >= 11 is 0. The molecule has 0 fully saturated rings. The number of phenolic OH excluding ortho intramolecular Hbond substituents is 1. The number of methoxy groups -OCH3 is 1. The molecular formula is C15H12O6. The molecule has 2 N–H and O–H groups in total. The minimum Gasteiger partial charge on any atom is -0.506 e. The SMILES string of the molecule is COC1=C(O)C(=O)c2c(cc3c(c2O)C=C[C@H](C)O3)C1=O. The number of ketones is 2. The number of allylic oxidation sites excluding steroid dienone is 2. The van der Waals surface area contributed by atoms with E-state index in [9.17, 15) is 19.8 Å². The lowest BCUT2D eigenvalue weighted by molar-refractivity contribution is 0.0852. The lowest BCUT2D eigenvalue weighted by atomic mass is 9.88. The molecule has 1 aliphatic heterocycles. The van der Waals surface area contributed by atoms with E-state index in [2.05, 4.69) is 0 Å². The molecule has 6 nitrogen and oxygen atoms in total. The van der Waals surface area contributed by atoms with Gasteiger partial charge in [0.15, 0.2) is 0 Å². The molecule has 1 aromatic rings. The van der Waals surface area contributed by atoms with Crippen LogP contribution in [-0.2, 0) is 4.74 Å². The van der Waals surface area contributed by atoms with E-state index in [1.165, 1.54) is 13.2 Å². The van der Waals surface area contributed by atoms with Gasteiger partial charge in [0.1, 0.15) is 17.6 Å². The molecular weight excluding hydrogens is 276 g/mol. The normalized spacial score (nSPS) is 20.0. The molecule has 0 saturated heterocycles. The summed E-state index contributed by atoms with van der Waals surface area (Å²) in [5.41, 5.74) is 0.0231. The van der Waals surface area contributed by atoms with Gasteiger partial charge in [-0.2, -0.15) is 0 Å². The summed E-state index contributed by atoms with van der Waals surface area (Å²) < 4.78 is 10.3.